The molecule has 0 spiro atoms. The number of para-hydroxylation sites is 1. The molecule has 1 aliphatic heterocycles. The van der Waals surface area contributed by atoms with E-state index in [1.54, 1.807) is 18.2 Å². The summed E-state index contributed by atoms with van der Waals surface area (Å²) in [5.74, 6) is 0.538. The lowest BCUT2D eigenvalue weighted by Gasteiger charge is -2.21. The van der Waals surface area contributed by atoms with Gasteiger partial charge in [0.05, 0.1) is 5.56 Å². The van der Waals surface area contributed by atoms with Gasteiger partial charge in [-0.05, 0) is 23.8 Å². The van der Waals surface area contributed by atoms with E-state index in [9.17, 15) is 4.79 Å². The Bertz CT molecular complexity index is 602. The standard InChI is InChI=1S/C14H10O3/c15-14(16)10-5-3-7-13-11(10)8-9-4-1-2-6-12(9)17-13/h1-7H,8H2,(H,15,16). The van der Waals surface area contributed by atoms with Gasteiger partial charge in [0.1, 0.15) is 11.5 Å². The fourth-order valence-electron chi connectivity index (χ4n) is 2.10. The zero-order valence-corrected chi connectivity index (χ0v) is 9.01. The fourth-order valence-corrected chi connectivity index (χ4v) is 2.10. The highest BCUT2D eigenvalue weighted by atomic mass is 16.5. The fraction of sp³-hybridized carbons (Fsp3) is 0.0714. The van der Waals surface area contributed by atoms with Crippen LogP contribution in [-0.4, -0.2) is 11.1 Å². The van der Waals surface area contributed by atoms with Crippen molar-refractivity contribution in [1.29, 1.82) is 0 Å². The molecule has 0 fully saturated rings. The van der Waals surface area contributed by atoms with Gasteiger partial charge in [0.2, 0.25) is 0 Å². The van der Waals surface area contributed by atoms with Crippen molar-refractivity contribution < 1.29 is 14.6 Å². The molecule has 0 atom stereocenters. The van der Waals surface area contributed by atoms with Gasteiger partial charge in [-0.1, -0.05) is 24.3 Å². The number of rotatable bonds is 1. The van der Waals surface area contributed by atoms with E-state index in [-0.39, 0.29) is 0 Å². The van der Waals surface area contributed by atoms with Crippen LogP contribution >= 0.6 is 0 Å². The Kier molecular flexibility index (Phi) is 2.11. The number of carbonyl (C=O) groups is 1. The van der Waals surface area contributed by atoms with Crippen LogP contribution in [0.15, 0.2) is 42.5 Å². The summed E-state index contributed by atoms with van der Waals surface area (Å²) >= 11 is 0. The Labute approximate surface area is 98.3 Å². The number of hydrogen-bond donors (Lipinski definition) is 1. The molecule has 17 heavy (non-hydrogen) atoms. The van der Waals surface area contributed by atoms with Crippen LogP contribution in [0.2, 0.25) is 0 Å². The zero-order chi connectivity index (χ0) is 11.8. The van der Waals surface area contributed by atoms with Gasteiger partial charge in [-0.15, -0.1) is 0 Å². The summed E-state index contributed by atoms with van der Waals surface area (Å²) < 4.78 is 5.70. The minimum Gasteiger partial charge on any atom is -0.478 e. The molecule has 3 heteroatoms. The Balaban J connectivity index is 2.15. The largest absolute Gasteiger partial charge is 0.478 e. The topological polar surface area (TPSA) is 46.5 Å². The van der Waals surface area contributed by atoms with Crippen molar-refractivity contribution in [3.63, 3.8) is 0 Å². The molecule has 84 valence electrons. The molecule has 1 aliphatic rings. The molecular weight excluding hydrogens is 216 g/mol. The Morgan fingerprint density at radius 3 is 2.65 bits per heavy atom. The average Bonchev–Trinajstić information content (AvgIpc) is 2.35. The molecule has 3 rings (SSSR count). The highest BCUT2D eigenvalue weighted by molar-refractivity contribution is 5.90. The second kappa shape index (κ2) is 3.63. The molecule has 1 N–H and O–H groups in total. The SMILES string of the molecule is O=C(O)c1cccc2c1Cc1ccccc1O2. The smallest absolute Gasteiger partial charge is 0.336 e. The van der Waals surface area contributed by atoms with E-state index in [4.69, 9.17) is 9.84 Å². The van der Waals surface area contributed by atoms with Gasteiger partial charge >= 0.3 is 5.97 Å². The van der Waals surface area contributed by atoms with E-state index < -0.39 is 5.97 Å². The summed E-state index contributed by atoms with van der Waals surface area (Å²) in [6, 6.07) is 12.8. The van der Waals surface area contributed by atoms with Gasteiger partial charge in [-0.25, -0.2) is 4.79 Å². The predicted molar refractivity (Wildman–Crippen MR) is 62.7 cm³/mol. The van der Waals surface area contributed by atoms with Gasteiger partial charge in [-0.2, -0.15) is 0 Å². The van der Waals surface area contributed by atoms with Gasteiger partial charge in [0, 0.05) is 12.0 Å². The van der Waals surface area contributed by atoms with Crippen LogP contribution in [0.4, 0.5) is 0 Å². The van der Waals surface area contributed by atoms with Gasteiger partial charge < -0.3 is 9.84 Å². The lowest BCUT2D eigenvalue weighted by atomic mass is 9.96. The van der Waals surface area contributed by atoms with Crippen LogP contribution in [0.5, 0.6) is 11.5 Å². The Morgan fingerprint density at radius 2 is 1.82 bits per heavy atom. The van der Waals surface area contributed by atoms with Gasteiger partial charge in [0.25, 0.3) is 0 Å². The third-order valence-corrected chi connectivity index (χ3v) is 2.92. The Hall–Kier alpha value is -2.29. The van der Waals surface area contributed by atoms with Gasteiger partial charge in [0.15, 0.2) is 0 Å². The average molecular weight is 226 g/mol. The highest BCUT2D eigenvalue weighted by Crippen LogP contribution is 2.37. The van der Waals surface area contributed by atoms with Crippen LogP contribution in [0, 0.1) is 0 Å². The van der Waals surface area contributed by atoms with Crippen LogP contribution in [0.25, 0.3) is 0 Å². The zero-order valence-electron chi connectivity index (χ0n) is 9.01. The summed E-state index contributed by atoms with van der Waals surface area (Å²) in [4.78, 5) is 11.1. The first-order valence-electron chi connectivity index (χ1n) is 5.36. The number of aromatic carboxylic acids is 1. The lowest BCUT2D eigenvalue weighted by Crippen LogP contribution is -2.09. The van der Waals surface area contributed by atoms with Crippen molar-refractivity contribution >= 4 is 5.97 Å². The summed E-state index contributed by atoms with van der Waals surface area (Å²) in [5, 5.41) is 9.13. The van der Waals surface area contributed by atoms with Crippen molar-refractivity contribution in [2.24, 2.45) is 0 Å². The number of carboxylic acid groups (broad SMARTS) is 1. The molecule has 2 aromatic carbocycles. The van der Waals surface area contributed by atoms with E-state index >= 15 is 0 Å². The molecule has 0 saturated carbocycles. The highest BCUT2D eigenvalue weighted by Gasteiger charge is 2.21. The molecule has 0 aromatic heterocycles. The maximum atomic E-state index is 11.1. The summed E-state index contributed by atoms with van der Waals surface area (Å²) in [6.45, 7) is 0. The molecule has 1 heterocycles. The second-order valence-corrected chi connectivity index (χ2v) is 3.97. The van der Waals surface area contributed by atoms with Crippen molar-refractivity contribution in [2.45, 2.75) is 6.42 Å². The molecule has 0 unspecified atom stereocenters. The molecule has 0 bridgehead atoms. The van der Waals surface area contributed by atoms with E-state index in [2.05, 4.69) is 0 Å². The first kappa shape index (κ1) is 9.90. The molecule has 0 aliphatic carbocycles. The number of hydrogen-bond acceptors (Lipinski definition) is 2. The molecule has 2 aromatic rings. The van der Waals surface area contributed by atoms with Crippen LogP contribution in [0.1, 0.15) is 21.5 Å². The lowest BCUT2D eigenvalue weighted by molar-refractivity contribution is 0.0695. The van der Waals surface area contributed by atoms with Crippen molar-refractivity contribution in [3.8, 4) is 11.5 Å². The van der Waals surface area contributed by atoms with Crippen molar-refractivity contribution in [2.75, 3.05) is 0 Å². The summed E-state index contributed by atoms with van der Waals surface area (Å²) in [5.41, 5.74) is 2.09. The quantitative estimate of drug-likeness (QED) is 0.693. The minimum atomic E-state index is -0.912. The van der Waals surface area contributed by atoms with E-state index in [0.717, 1.165) is 16.9 Å². The monoisotopic (exact) mass is 226 g/mol. The van der Waals surface area contributed by atoms with Crippen LogP contribution < -0.4 is 4.74 Å². The summed E-state index contributed by atoms with van der Waals surface area (Å²) in [6.07, 6.45) is 0.605. The first-order valence-corrected chi connectivity index (χ1v) is 5.36. The van der Waals surface area contributed by atoms with Crippen molar-refractivity contribution in [3.05, 3.63) is 59.2 Å². The van der Waals surface area contributed by atoms with Gasteiger partial charge in [-0.3, -0.25) is 0 Å². The first-order chi connectivity index (χ1) is 8.25. The molecule has 3 nitrogen and oxygen atoms in total. The Morgan fingerprint density at radius 1 is 1.06 bits per heavy atom. The summed E-state index contributed by atoms with van der Waals surface area (Å²) in [7, 11) is 0. The van der Waals surface area contributed by atoms with Crippen LogP contribution in [0.3, 0.4) is 0 Å². The number of benzene rings is 2. The second-order valence-electron chi connectivity index (χ2n) is 3.97. The van der Waals surface area contributed by atoms with Crippen LogP contribution in [-0.2, 0) is 6.42 Å². The third kappa shape index (κ3) is 1.56. The minimum absolute atomic E-state index is 0.317. The van der Waals surface area contributed by atoms with Crippen molar-refractivity contribution in [1.82, 2.24) is 0 Å². The normalized spacial score (nSPS) is 12.2. The number of ether oxygens (including phenoxy) is 1. The van der Waals surface area contributed by atoms with E-state index in [1.807, 2.05) is 24.3 Å². The maximum absolute atomic E-state index is 11.1. The number of carboxylic acids is 1. The maximum Gasteiger partial charge on any atom is 0.336 e. The molecule has 0 radical (unpaired) electrons. The molecule has 0 amide bonds. The third-order valence-electron chi connectivity index (χ3n) is 2.92. The molecule has 0 saturated heterocycles. The van der Waals surface area contributed by atoms with E-state index in [1.165, 1.54) is 0 Å². The predicted octanol–water partition coefficient (Wildman–Crippen LogP) is 3.08. The number of fused-ring (bicyclic) bond motifs is 2. The molecular formula is C14H10O3. The van der Waals surface area contributed by atoms with E-state index in [0.29, 0.717) is 17.7 Å².